The number of carbonyl (C=O) groups excluding carboxylic acids is 1. The molecule has 1 aromatic carbocycles. The maximum atomic E-state index is 12.4. The Kier molecular flexibility index (Phi) is 4.06. The second-order valence-corrected chi connectivity index (χ2v) is 6.31. The number of aromatic amines is 1. The van der Waals surface area contributed by atoms with E-state index in [1.54, 1.807) is 17.6 Å². The maximum Gasteiger partial charge on any atom is 0.288 e. The van der Waals surface area contributed by atoms with Crippen molar-refractivity contribution in [1.29, 1.82) is 0 Å². The average Bonchev–Trinajstić information content (AvgIpc) is 3.13. The number of hydrogen-bond donors (Lipinski definition) is 2. The van der Waals surface area contributed by atoms with Crippen molar-refractivity contribution in [2.75, 3.05) is 0 Å². The largest absolute Gasteiger partial charge is 0.350 e. The van der Waals surface area contributed by atoms with Gasteiger partial charge in [-0.05, 0) is 29.0 Å². The highest BCUT2D eigenvalue weighted by Crippen LogP contribution is 2.28. The van der Waals surface area contributed by atoms with Crippen LogP contribution in [0.4, 0.5) is 0 Å². The van der Waals surface area contributed by atoms with Crippen molar-refractivity contribution in [3.05, 3.63) is 57.9 Å². The van der Waals surface area contributed by atoms with Crippen LogP contribution < -0.4 is 5.43 Å². The first-order chi connectivity index (χ1) is 10.7. The van der Waals surface area contributed by atoms with Crippen LogP contribution in [0, 0.1) is 0 Å². The summed E-state index contributed by atoms with van der Waals surface area (Å²) in [5, 5.41) is 7.08. The first kappa shape index (κ1) is 14.5. The number of carbonyl (C=O) groups is 1. The van der Waals surface area contributed by atoms with Gasteiger partial charge in [0.05, 0.1) is 6.21 Å². The van der Waals surface area contributed by atoms with E-state index in [4.69, 9.17) is 0 Å². The molecular weight excluding hydrogens is 294 g/mol. The molecule has 2 N–H and O–H groups in total. The minimum absolute atomic E-state index is 0.215. The number of fused-ring (bicyclic) bond motifs is 1. The lowest BCUT2D eigenvalue weighted by molar-refractivity contribution is 0.0949. The van der Waals surface area contributed by atoms with Crippen LogP contribution in [0.1, 0.15) is 40.7 Å². The summed E-state index contributed by atoms with van der Waals surface area (Å²) in [5.41, 5.74) is 5.18. The van der Waals surface area contributed by atoms with Crippen LogP contribution in [0.5, 0.6) is 0 Å². The molecule has 0 fully saturated rings. The van der Waals surface area contributed by atoms with Gasteiger partial charge in [-0.15, -0.1) is 11.3 Å². The highest BCUT2D eigenvalue weighted by molar-refractivity contribution is 7.11. The molecule has 0 aliphatic rings. The molecule has 2 aromatic heterocycles. The molecular formula is C17H17N3OS. The number of thiophene rings is 1. The van der Waals surface area contributed by atoms with Gasteiger partial charge in [-0.1, -0.05) is 38.1 Å². The van der Waals surface area contributed by atoms with Gasteiger partial charge in [-0.3, -0.25) is 4.79 Å². The zero-order chi connectivity index (χ0) is 15.5. The van der Waals surface area contributed by atoms with Crippen LogP contribution in [0.25, 0.3) is 10.9 Å². The van der Waals surface area contributed by atoms with Crippen LogP contribution in [-0.2, 0) is 0 Å². The summed E-state index contributed by atoms with van der Waals surface area (Å²) >= 11 is 1.57. The molecule has 5 heteroatoms. The van der Waals surface area contributed by atoms with E-state index in [1.807, 2.05) is 41.8 Å². The van der Waals surface area contributed by atoms with Gasteiger partial charge in [0.2, 0.25) is 0 Å². The first-order valence-corrected chi connectivity index (χ1v) is 8.02. The molecule has 1 amide bonds. The normalized spacial score (nSPS) is 11.6. The molecule has 0 bridgehead atoms. The number of nitrogens with one attached hydrogen (secondary N) is 2. The van der Waals surface area contributed by atoms with Crippen LogP contribution in [0.2, 0.25) is 0 Å². The van der Waals surface area contributed by atoms with E-state index in [9.17, 15) is 4.79 Å². The van der Waals surface area contributed by atoms with Crippen molar-refractivity contribution in [2.24, 2.45) is 5.10 Å². The summed E-state index contributed by atoms with van der Waals surface area (Å²) in [6.45, 7) is 4.17. The predicted molar refractivity (Wildman–Crippen MR) is 91.8 cm³/mol. The van der Waals surface area contributed by atoms with E-state index in [-0.39, 0.29) is 11.8 Å². The molecule has 3 aromatic rings. The molecule has 3 rings (SSSR count). The van der Waals surface area contributed by atoms with Gasteiger partial charge in [-0.25, -0.2) is 5.43 Å². The summed E-state index contributed by atoms with van der Waals surface area (Å²) in [6.07, 6.45) is 1.65. The zero-order valence-corrected chi connectivity index (χ0v) is 13.3. The number of aromatic nitrogens is 1. The molecule has 0 saturated heterocycles. The molecule has 0 radical (unpaired) electrons. The molecule has 4 nitrogen and oxygen atoms in total. The number of H-pyrrole nitrogens is 1. The Morgan fingerprint density at radius 2 is 2.09 bits per heavy atom. The molecule has 112 valence electrons. The molecule has 0 aliphatic heterocycles. The Balaban J connectivity index is 1.88. The summed E-state index contributed by atoms with van der Waals surface area (Å²) < 4.78 is 0. The van der Waals surface area contributed by atoms with Crippen molar-refractivity contribution >= 4 is 34.4 Å². The maximum absolute atomic E-state index is 12.4. The van der Waals surface area contributed by atoms with Gasteiger partial charge in [0, 0.05) is 15.8 Å². The molecule has 0 saturated carbocycles. The van der Waals surface area contributed by atoms with Crippen molar-refractivity contribution in [1.82, 2.24) is 10.4 Å². The molecule has 22 heavy (non-hydrogen) atoms. The fraction of sp³-hybridized carbons (Fsp3) is 0.176. The van der Waals surface area contributed by atoms with Crippen LogP contribution in [0.3, 0.4) is 0 Å². The highest BCUT2D eigenvalue weighted by Gasteiger charge is 2.19. The van der Waals surface area contributed by atoms with Crippen LogP contribution >= 0.6 is 11.3 Å². The first-order valence-electron chi connectivity index (χ1n) is 7.14. The molecule has 0 aliphatic carbocycles. The van der Waals surface area contributed by atoms with Gasteiger partial charge in [-0.2, -0.15) is 5.10 Å². The van der Waals surface area contributed by atoms with Gasteiger partial charge in [0.1, 0.15) is 5.69 Å². The van der Waals surface area contributed by atoms with Crippen molar-refractivity contribution < 1.29 is 4.79 Å². The predicted octanol–water partition coefficient (Wildman–Crippen LogP) is 4.12. The number of hydrogen-bond acceptors (Lipinski definition) is 3. The second kappa shape index (κ2) is 6.15. The van der Waals surface area contributed by atoms with Gasteiger partial charge >= 0.3 is 0 Å². The van der Waals surface area contributed by atoms with Crippen LogP contribution in [-0.4, -0.2) is 17.1 Å². The third kappa shape index (κ3) is 2.80. The van der Waals surface area contributed by atoms with Gasteiger partial charge in [0.15, 0.2) is 0 Å². The molecule has 0 atom stereocenters. The average molecular weight is 311 g/mol. The smallest absolute Gasteiger partial charge is 0.288 e. The summed E-state index contributed by atoms with van der Waals surface area (Å²) in [6, 6.07) is 11.9. The number of rotatable bonds is 4. The standard InChI is InChI=1S/C17H17N3OS/c1-11(2)15-13-7-3-4-8-14(13)19-16(15)17(21)20-18-10-12-6-5-9-22-12/h3-11,19H,1-2H3,(H,20,21). The Hall–Kier alpha value is -2.40. The number of amides is 1. The monoisotopic (exact) mass is 311 g/mol. The van der Waals surface area contributed by atoms with E-state index < -0.39 is 0 Å². The minimum Gasteiger partial charge on any atom is -0.350 e. The summed E-state index contributed by atoms with van der Waals surface area (Å²) in [5.74, 6) is 0.0332. The lowest BCUT2D eigenvalue weighted by Crippen LogP contribution is -2.19. The Labute approximate surface area is 132 Å². The SMILES string of the molecule is CC(C)c1c(C(=O)NN=Cc2cccs2)[nH]c2ccccc12. The third-order valence-electron chi connectivity index (χ3n) is 3.45. The minimum atomic E-state index is -0.215. The number of para-hydroxylation sites is 1. The third-order valence-corrected chi connectivity index (χ3v) is 4.26. The summed E-state index contributed by atoms with van der Waals surface area (Å²) in [7, 11) is 0. The van der Waals surface area contributed by atoms with E-state index in [0.717, 1.165) is 21.3 Å². The molecule has 2 heterocycles. The number of hydrazone groups is 1. The quantitative estimate of drug-likeness (QED) is 0.553. The zero-order valence-electron chi connectivity index (χ0n) is 12.5. The number of nitrogens with zero attached hydrogens (tertiary/aromatic N) is 1. The van der Waals surface area contributed by atoms with Crippen molar-refractivity contribution in [3.63, 3.8) is 0 Å². The molecule has 0 unspecified atom stereocenters. The van der Waals surface area contributed by atoms with Crippen LogP contribution in [0.15, 0.2) is 46.9 Å². The summed E-state index contributed by atoms with van der Waals surface area (Å²) in [4.78, 5) is 16.6. The van der Waals surface area contributed by atoms with E-state index in [0.29, 0.717) is 5.69 Å². The fourth-order valence-electron chi connectivity index (χ4n) is 2.52. The number of benzene rings is 1. The van der Waals surface area contributed by atoms with Crippen molar-refractivity contribution in [2.45, 2.75) is 19.8 Å². The highest BCUT2D eigenvalue weighted by atomic mass is 32.1. The Morgan fingerprint density at radius 1 is 1.27 bits per heavy atom. The second-order valence-electron chi connectivity index (χ2n) is 5.33. The lowest BCUT2D eigenvalue weighted by Gasteiger charge is -2.06. The van der Waals surface area contributed by atoms with E-state index >= 15 is 0 Å². The van der Waals surface area contributed by atoms with Gasteiger partial charge in [0.25, 0.3) is 5.91 Å². The van der Waals surface area contributed by atoms with Crippen molar-refractivity contribution in [3.8, 4) is 0 Å². The lowest BCUT2D eigenvalue weighted by atomic mass is 9.99. The Bertz CT molecular complexity index is 816. The molecule has 0 spiro atoms. The van der Waals surface area contributed by atoms with E-state index in [2.05, 4.69) is 29.4 Å². The van der Waals surface area contributed by atoms with Gasteiger partial charge < -0.3 is 4.98 Å². The Morgan fingerprint density at radius 3 is 2.82 bits per heavy atom. The topological polar surface area (TPSA) is 57.2 Å². The van der Waals surface area contributed by atoms with E-state index in [1.165, 1.54) is 0 Å². The fourth-order valence-corrected chi connectivity index (χ4v) is 3.10.